The highest BCUT2D eigenvalue weighted by molar-refractivity contribution is 5.90. The second-order valence-corrected chi connectivity index (χ2v) is 5.26. The lowest BCUT2D eigenvalue weighted by Gasteiger charge is -2.13. The summed E-state index contributed by atoms with van der Waals surface area (Å²) in [7, 11) is 1.27. The van der Waals surface area contributed by atoms with E-state index in [0.717, 1.165) is 6.07 Å². The van der Waals surface area contributed by atoms with Crippen LogP contribution in [-0.2, 0) is 6.18 Å². The third kappa shape index (κ3) is 2.76. The molecule has 1 N–H and O–H groups in total. The fourth-order valence-corrected chi connectivity index (χ4v) is 2.48. The average Bonchev–Trinajstić information content (AvgIpc) is 3.23. The van der Waals surface area contributed by atoms with Crippen LogP contribution in [-0.4, -0.2) is 23.3 Å². The number of ether oxygens (including phenoxy) is 1. The lowest BCUT2D eigenvalue weighted by atomic mass is 9.98. The van der Waals surface area contributed by atoms with Crippen molar-refractivity contribution in [2.24, 2.45) is 0 Å². The summed E-state index contributed by atoms with van der Waals surface area (Å²) in [6.07, 6.45) is -3.24. The van der Waals surface area contributed by atoms with Crippen LogP contribution in [0.1, 0.15) is 40.4 Å². The minimum Gasteiger partial charge on any atom is -0.497 e. The molecule has 5 nitrogen and oxygen atoms in total. The molecule has 1 aromatic heterocycles. The number of aromatic carboxylic acids is 1. The van der Waals surface area contributed by atoms with Crippen LogP contribution in [0.3, 0.4) is 0 Å². The summed E-state index contributed by atoms with van der Waals surface area (Å²) in [5.41, 5.74) is -1.29. The largest absolute Gasteiger partial charge is 0.497 e. The number of methoxy groups -OCH3 is 1. The van der Waals surface area contributed by atoms with E-state index in [9.17, 15) is 18.0 Å². The van der Waals surface area contributed by atoms with E-state index >= 15 is 0 Å². The van der Waals surface area contributed by atoms with Crippen LogP contribution in [0, 0.1) is 0 Å². The van der Waals surface area contributed by atoms with Gasteiger partial charge in [-0.25, -0.2) is 4.79 Å². The SMILES string of the molecule is COc1ccc(-c2onc(C(=O)O)c2C2CC2)c(C(F)(F)F)c1. The molecular formula is C15H12F3NO4. The number of hydrogen-bond donors (Lipinski definition) is 1. The van der Waals surface area contributed by atoms with E-state index in [4.69, 9.17) is 14.4 Å². The van der Waals surface area contributed by atoms with Gasteiger partial charge in [-0.1, -0.05) is 5.16 Å². The predicted octanol–water partition coefficient (Wildman–Crippen LogP) is 3.94. The standard InChI is InChI=1S/C15H12F3NO4/c1-22-8-4-5-9(10(6-8)15(16,17)18)13-11(7-2-3-7)12(14(20)21)19-23-13/h4-7H,2-3H2,1H3,(H,20,21). The Morgan fingerprint density at radius 1 is 1.39 bits per heavy atom. The smallest absolute Gasteiger partial charge is 0.417 e. The fraction of sp³-hybridized carbons (Fsp3) is 0.333. The van der Waals surface area contributed by atoms with E-state index in [-0.39, 0.29) is 34.2 Å². The number of rotatable bonds is 4. The van der Waals surface area contributed by atoms with E-state index < -0.39 is 17.7 Å². The molecule has 0 radical (unpaired) electrons. The minimum atomic E-state index is -4.64. The van der Waals surface area contributed by atoms with Crippen LogP contribution >= 0.6 is 0 Å². The molecule has 0 unspecified atom stereocenters. The van der Waals surface area contributed by atoms with E-state index in [1.54, 1.807) is 0 Å². The second kappa shape index (κ2) is 5.29. The zero-order valence-electron chi connectivity index (χ0n) is 12.0. The topological polar surface area (TPSA) is 72.6 Å². The number of carboxylic acids is 1. The third-order valence-corrected chi connectivity index (χ3v) is 3.69. The molecule has 0 atom stereocenters. The van der Waals surface area contributed by atoms with Gasteiger partial charge in [0.25, 0.3) is 0 Å². The Hall–Kier alpha value is -2.51. The Balaban J connectivity index is 2.21. The molecule has 1 fully saturated rings. The van der Waals surface area contributed by atoms with Gasteiger partial charge in [0.15, 0.2) is 11.5 Å². The molecule has 8 heteroatoms. The first-order chi connectivity index (χ1) is 10.8. The quantitative estimate of drug-likeness (QED) is 0.920. The van der Waals surface area contributed by atoms with Crippen LogP contribution < -0.4 is 4.74 Å². The monoisotopic (exact) mass is 327 g/mol. The Bertz CT molecular complexity index is 763. The number of hydrogen-bond acceptors (Lipinski definition) is 4. The van der Waals surface area contributed by atoms with Crippen molar-refractivity contribution < 1.29 is 32.3 Å². The molecule has 1 aliphatic rings. The molecule has 3 rings (SSSR count). The Kier molecular flexibility index (Phi) is 3.54. The highest BCUT2D eigenvalue weighted by atomic mass is 19.4. The Morgan fingerprint density at radius 3 is 2.61 bits per heavy atom. The molecule has 1 aromatic carbocycles. The molecule has 2 aromatic rings. The Morgan fingerprint density at radius 2 is 2.09 bits per heavy atom. The van der Waals surface area contributed by atoms with Crippen molar-refractivity contribution in [1.82, 2.24) is 5.16 Å². The van der Waals surface area contributed by atoms with Crippen molar-refractivity contribution in [3.63, 3.8) is 0 Å². The molecular weight excluding hydrogens is 315 g/mol. The van der Waals surface area contributed by atoms with Crippen LogP contribution in [0.25, 0.3) is 11.3 Å². The average molecular weight is 327 g/mol. The summed E-state index contributed by atoms with van der Waals surface area (Å²) in [4.78, 5) is 11.2. The van der Waals surface area contributed by atoms with Crippen molar-refractivity contribution >= 4 is 5.97 Å². The van der Waals surface area contributed by atoms with Gasteiger partial charge in [-0.05, 0) is 37.0 Å². The number of alkyl halides is 3. The first-order valence-electron chi connectivity index (χ1n) is 6.81. The number of nitrogens with zero attached hydrogens (tertiary/aromatic N) is 1. The molecule has 0 bridgehead atoms. The van der Waals surface area contributed by atoms with E-state index in [1.165, 1.54) is 19.2 Å². The number of carbonyl (C=O) groups is 1. The third-order valence-electron chi connectivity index (χ3n) is 3.69. The van der Waals surface area contributed by atoms with Crippen LogP contribution in [0.2, 0.25) is 0 Å². The second-order valence-electron chi connectivity index (χ2n) is 5.26. The van der Waals surface area contributed by atoms with Gasteiger partial charge in [-0.15, -0.1) is 0 Å². The van der Waals surface area contributed by atoms with E-state index in [1.807, 2.05) is 0 Å². The maximum Gasteiger partial charge on any atom is 0.417 e. The van der Waals surface area contributed by atoms with Gasteiger partial charge in [-0.2, -0.15) is 13.2 Å². The summed E-state index contributed by atoms with van der Waals surface area (Å²) in [6.45, 7) is 0. The van der Waals surface area contributed by atoms with Gasteiger partial charge in [0, 0.05) is 11.1 Å². The lowest BCUT2D eigenvalue weighted by molar-refractivity contribution is -0.137. The molecule has 1 saturated carbocycles. The summed E-state index contributed by atoms with van der Waals surface area (Å²) in [5, 5.41) is 12.6. The van der Waals surface area contributed by atoms with Gasteiger partial charge in [0.1, 0.15) is 5.75 Å². The molecule has 0 saturated heterocycles. The molecule has 1 aliphatic carbocycles. The highest BCUT2D eigenvalue weighted by Gasteiger charge is 2.40. The summed E-state index contributed by atoms with van der Waals surface area (Å²) in [5.74, 6) is -1.54. The van der Waals surface area contributed by atoms with Crippen molar-refractivity contribution in [2.75, 3.05) is 7.11 Å². The van der Waals surface area contributed by atoms with Crippen LogP contribution in [0.15, 0.2) is 22.7 Å². The van der Waals surface area contributed by atoms with Crippen LogP contribution in [0.4, 0.5) is 13.2 Å². The normalized spacial score (nSPS) is 14.8. The summed E-state index contributed by atoms with van der Waals surface area (Å²) >= 11 is 0. The first-order valence-corrected chi connectivity index (χ1v) is 6.81. The zero-order chi connectivity index (χ0) is 16.8. The zero-order valence-corrected chi connectivity index (χ0v) is 12.0. The molecule has 0 spiro atoms. The van der Waals surface area contributed by atoms with Crippen molar-refractivity contribution in [1.29, 1.82) is 0 Å². The fourth-order valence-electron chi connectivity index (χ4n) is 2.48. The van der Waals surface area contributed by atoms with E-state index in [2.05, 4.69) is 5.16 Å². The van der Waals surface area contributed by atoms with Crippen molar-refractivity contribution in [2.45, 2.75) is 24.9 Å². The summed E-state index contributed by atoms with van der Waals surface area (Å²) in [6, 6.07) is 3.43. The highest BCUT2D eigenvalue weighted by Crippen LogP contribution is 2.48. The van der Waals surface area contributed by atoms with Crippen molar-refractivity contribution in [3.8, 4) is 17.1 Å². The van der Waals surface area contributed by atoms with Gasteiger partial charge in [-0.3, -0.25) is 0 Å². The number of aromatic nitrogens is 1. The lowest BCUT2D eigenvalue weighted by Crippen LogP contribution is -2.08. The van der Waals surface area contributed by atoms with Gasteiger partial charge in [0.05, 0.1) is 12.7 Å². The first kappa shape index (κ1) is 15.4. The van der Waals surface area contributed by atoms with E-state index in [0.29, 0.717) is 12.8 Å². The van der Waals surface area contributed by atoms with Gasteiger partial charge < -0.3 is 14.4 Å². The number of benzene rings is 1. The molecule has 122 valence electrons. The molecule has 23 heavy (non-hydrogen) atoms. The van der Waals surface area contributed by atoms with Crippen molar-refractivity contribution in [3.05, 3.63) is 35.0 Å². The maximum absolute atomic E-state index is 13.3. The Labute approximate surface area is 128 Å². The maximum atomic E-state index is 13.3. The summed E-state index contributed by atoms with van der Waals surface area (Å²) < 4.78 is 49.8. The molecule has 1 heterocycles. The number of halogens is 3. The van der Waals surface area contributed by atoms with Gasteiger partial charge in [0.2, 0.25) is 0 Å². The minimum absolute atomic E-state index is 0.0482. The molecule has 0 aliphatic heterocycles. The van der Waals surface area contributed by atoms with Gasteiger partial charge >= 0.3 is 12.1 Å². The predicted molar refractivity (Wildman–Crippen MR) is 72.4 cm³/mol. The molecule has 0 amide bonds. The van der Waals surface area contributed by atoms with Crippen LogP contribution in [0.5, 0.6) is 5.75 Å². The number of carboxylic acid groups (broad SMARTS) is 1.